The molecule has 0 atom stereocenters. The molecule has 122 valence electrons. The van der Waals surface area contributed by atoms with Crippen molar-refractivity contribution in [3.63, 3.8) is 0 Å². The van der Waals surface area contributed by atoms with Crippen LogP contribution < -0.4 is 0 Å². The normalized spacial score (nSPS) is 21.4. The van der Waals surface area contributed by atoms with E-state index in [1.807, 2.05) is 30.3 Å². The topological polar surface area (TPSA) is 32.8 Å². The zero-order valence-electron chi connectivity index (χ0n) is 12.5. The standard InChI is InChI=1S/C16H17ClN2O2S2/c17-13-4-2-1-3-12(13)11-14-15(20)19(16(22)23-14)6-5-18-7-9-21-10-8-18/h1-4,11H,5-10H2/b14-11-. The molecular weight excluding hydrogens is 352 g/mol. The Hall–Kier alpha value is -0.920. The highest BCUT2D eigenvalue weighted by Crippen LogP contribution is 2.33. The number of hydrogen-bond acceptors (Lipinski definition) is 5. The smallest absolute Gasteiger partial charge is 0.266 e. The molecule has 0 N–H and O–H groups in total. The summed E-state index contributed by atoms with van der Waals surface area (Å²) in [6, 6.07) is 7.47. The van der Waals surface area contributed by atoms with E-state index >= 15 is 0 Å². The van der Waals surface area contributed by atoms with Crippen LogP contribution in [0.1, 0.15) is 5.56 Å². The predicted molar refractivity (Wildman–Crippen MR) is 98.6 cm³/mol. The summed E-state index contributed by atoms with van der Waals surface area (Å²) in [5.74, 6) is -0.0341. The van der Waals surface area contributed by atoms with Crippen molar-refractivity contribution in [2.75, 3.05) is 39.4 Å². The van der Waals surface area contributed by atoms with Crippen LogP contribution in [0, 0.1) is 0 Å². The van der Waals surface area contributed by atoms with Gasteiger partial charge in [0.05, 0.1) is 18.1 Å². The van der Waals surface area contributed by atoms with Gasteiger partial charge < -0.3 is 4.74 Å². The van der Waals surface area contributed by atoms with E-state index in [0.717, 1.165) is 38.4 Å². The van der Waals surface area contributed by atoms with E-state index in [9.17, 15) is 4.79 Å². The fraction of sp³-hybridized carbons (Fsp3) is 0.375. The van der Waals surface area contributed by atoms with Gasteiger partial charge in [-0.2, -0.15) is 0 Å². The molecule has 1 aromatic rings. The number of benzene rings is 1. The van der Waals surface area contributed by atoms with E-state index in [2.05, 4.69) is 4.90 Å². The van der Waals surface area contributed by atoms with Gasteiger partial charge in [-0.3, -0.25) is 14.6 Å². The van der Waals surface area contributed by atoms with Crippen LogP contribution in [0.5, 0.6) is 0 Å². The fourth-order valence-electron chi connectivity index (χ4n) is 2.49. The van der Waals surface area contributed by atoms with Crippen molar-refractivity contribution in [3.8, 4) is 0 Å². The minimum Gasteiger partial charge on any atom is -0.379 e. The minimum absolute atomic E-state index is 0.0341. The molecule has 0 aliphatic carbocycles. The molecule has 4 nitrogen and oxygen atoms in total. The Labute approximate surface area is 150 Å². The predicted octanol–water partition coefficient (Wildman–Crippen LogP) is 2.87. The third-order valence-electron chi connectivity index (χ3n) is 3.81. The van der Waals surface area contributed by atoms with Crippen LogP contribution in [-0.4, -0.2) is 59.4 Å². The summed E-state index contributed by atoms with van der Waals surface area (Å²) >= 11 is 12.9. The summed E-state index contributed by atoms with van der Waals surface area (Å²) in [6.45, 7) is 4.75. The molecule has 0 spiro atoms. The zero-order chi connectivity index (χ0) is 16.2. The molecule has 2 fully saturated rings. The highest BCUT2D eigenvalue weighted by molar-refractivity contribution is 8.26. The molecule has 0 aromatic heterocycles. The largest absolute Gasteiger partial charge is 0.379 e. The highest BCUT2D eigenvalue weighted by Gasteiger charge is 2.32. The number of nitrogens with zero attached hydrogens (tertiary/aromatic N) is 2. The lowest BCUT2D eigenvalue weighted by molar-refractivity contribution is -0.122. The molecule has 0 radical (unpaired) electrons. The Bertz CT molecular complexity index is 645. The maximum absolute atomic E-state index is 12.6. The number of thioether (sulfide) groups is 1. The van der Waals surface area contributed by atoms with Crippen LogP contribution in [0.4, 0.5) is 0 Å². The van der Waals surface area contributed by atoms with Crippen LogP contribution >= 0.6 is 35.6 Å². The Morgan fingerprint density at radius 3 is 2.74 bits per heavy atom. The molecule has 2 heterocycles. The summed E-state index contributed by atoms with van der Waals surface area (Å²) in [7, 11) is 0. The number of amides is 1. The van der Waals surface area contributed by atoms with Crippen LogP contribution in [-0.2, 0) is 9.53 Å². The first kappa shape index (κ1) is 16.9. The van der Waals surface area contributed by atoms with Gasteiger partial charge in [-0.25, -0.2) is 0 Å². The van der Waals surface area contributed by atoms with Gasteiger partial charge in [0.15, 0.2) is 0 Å². The van der Waals surface area contributed by atoms with E-state index in [0.29, 0.717) is 20.8 Å². The first-order valence-electron chi connectivity index (χ1n) is 7.45. The summed E-state index contributed by atoms with van der Waals surface area (Å²) in [4.78, 5) is 17.2. The Kier molecular flexibility index (Phi) is 5.71. The second-order valence-corrected chi connectivity index (χ2v) is 7.39. The molecule has 2 saturated heterocycles. The molecule has 7 heteroatoms. The van der Waals surface area contributed by atoms with Gasteiger partial charge in [0.1, 0.15) is 4.32 Å². The number of rotatable bonds is 4. The Morgan fingerprint density at radius 2 is 2.00 bits per heavy atom. The van der Waals surface area contributed by atoms with Crippen LogP contribution in [0.2, 0.25) is 5.02 Å². The first-order valence-corrected chi connectivity index (χ1v) is 9.05. The van der Waals surface area contributed by atoms with Crippen molar-refractivity contribution in [3.05, 3.63) is 39.8 Å². The number of halogens is 1. The van der Waals surface area contributed by atoms with Crippen LogP contribution in [0.25, 0.3) is 6.08 Å². The Morgan fingerprint density at radius 1 is 1.26 bits per heavy atom. The van der Waals surface area contributed by atoms with Crippen LogP contribution in [0.3, 0.4) is 0 Å². The lowest BCUT2D eigenvalue weighted by Gasteiger charge is -2.28. The molecule has 23 heavy (non-hydrogen) atoms. The number of carbonyl (C=O) groups excluding carboxylic acids is 1. The lowest BCUT2D eigenvalue weighted by atomic mass is 10.2. The van der Waals surface area contributed by atoms with Gasteiger partial charge >= 0.3 is 0 Å². The van der Waals surface area contributed by atoms with Crippen molar-refractivity contribution in [2.45, 2.75) is 0 Å². The quantitative estimate of drug-likeness (QED) is 0.602. The van der Waals surface area contributed by atoms with Crippen molar-refractivity contribution in [1.82, 2.24) is 9.80 Å². The third kappa shape index (κ3) is 4.14. The molecule has 0 bridgehead atoms. The minimum atomic E-state index is -0.0341. The maximum atomic E-state index is 12.6. The van der Waals surface area contributed by atoms with E-state index in [4.69, 9.17) is 28.6 Å². The molecular formula is C16H17ClN2O2S2. The summed E-state index contributed by atoms with van der Waals surface area (Å²) in [5.41, 5.74) is 0.836. The molecule has 0 saturated carbocycles. The van der Waals surface area contributed by atoms with Crippen molar-refractivity contribution >= 4 is 51.9 Å². The second-order valence-electron chi connectivity index (χ2n) is 5.31. The van der Waals surface area contributed by atoms with Gasteiger partial charge in [0.25, 0.3) is 5.91 Å². The Balaban J connectivity index is 1.66. The van der Waals surface area contributed by atoms with Crippen molar-refractivity contribution in [2.24, 2.45) is 0 Å². The summed E-state index contributed by atoms with van der Waals surface area (Å²) < 4.78 is 5.95. The molecule has 2 aliphatic rings. The van der Waals surface area contributed by atoms with E-state index in [-0.39, 0.29) is 5.91 Å². The van der Waals surface area contributed by atoms with Gasteiger partial charge in [-0.1, -0.05) is 53.8 Å². The SMILES string of the molecule is O=C1/C(=C/c2ccccc2Cl)SC(=S)N1CCN1CCOCC1. The number of carbonyl (C=O) groups is 1. The highest BCUT2D eigenvalue weighted by atomic mass is 35.5. The molecule has 0 unspecified atom stereocenters. The number of ether oxygens (including phenoxy) is 1. The summed E-state index contributed by atoms with van der Waals surface area (Å²) in [6.07, 6.45) is 1.82. The molecule has 2 aliphatic heterocycles. The zero-order valence-corrected chi connectivity index (χ0v) is 14.9. The summed E-state index contributed by atoms with van der Waals surface area (Å²) in [5, 5.41) is 0.631. The second kappa shape index (κ2) is 7.77. The van der Waals surface area contributed by atoms with Gasteiger partial charge in [0.2, 0.25) is 0 Å². The number of hydrogen-bond donors (Lipinski definition) is 0. The fourth-order valence-corrected chi connectivity index (χ4v) is 3.98. The van der Waals surface area contributed by atoms with Gasteiger partial charge in [-0.05, 0) is 17.7 Å². The monoisotopic (exact) mass is 368 g/mol. The van der Waals surface area contributed by atoms with Gasteiger partial charge in [-0.15, -0.1) is 0 Å². The van der Waals surface area contributed by atoms with Crippen molar-refractivity contribution in [1.29, 1.82) is 0 Å². The van der Waals surface area contributed by atoms with E-state index in [1.54, 1.807) is 4.90 Å². The van der Waals surface area contributed by atoms with Crippen molar-refractivity contribution < 1.29 is 9.53 Å². The third-order valence-corrected chi connectivity index (χ3v) is 5.53. The lowest BCUT2D eigenvalue weighted by Crippen LogP contribution is -2.42. The molecule has 3 rings (SSSR count). The average molecular weight is 369 g/mol. The van der Waals surface area contributed by atoms with E-state index < -0.39 is 0 Å². The molecule has 1 amide bonds. The average Bonchev–Trinajstić information content (AvgIpc) is 2.82. The number of morpholine rings is 1. The van der Waals surface area contributed by atoms with E-state index in [1.165, 1.54) is 11.8 Å². The van der Waals surface area contributed by atoms with Crippen LogP contribution in [0.15, 0.2) is 29.2 Å². The number of thiocarbonyl (C=S) groups is 1. The first-order chi connectivity index (χ1) is 11.1. The van der Waals surface area contributed by atoms with Gasteiger partial charge in [0, 0.05) is 31.2 Å². The maximum Gasteiger partial charge on any atom is 0.266 e. The molecule has 1 aromatic carbocycles.